The molecule has 0 saturated heterocycles. The van der Waals surface area contributed by atoms with E-state index in [1.54, 1.807) is 0 Å². The molecule has 24 heavy (non-hydrogen) atoms. The average Bonchev–Trinajstić information content (AvgIpc) is 2.93. The normalized spacial score (nSPS) is 9.92. The summed E-state index contributed by atoms with van der Waals surface area (Å²) < 4.78 is 0. The lowest BCUT2D eigenvalue weighted by Crippen LogP contribution is -2.40. The van der Waals surface area contributed by atoms with Crippen LogP contribution in [0.2, 0.25) is 0 Å². The molecule has 0 atom stereocenters. The third kappa shape index (κ3) is 6.15. The molecule has 0 bridgehead atoms. The summed E-state index contributed by atoms with van der Waals surface area (Å²) >= 11 is 1.42. The molecule has 9 heteroatoms. The van der Waals surface area contributed by atoms with Crippen molar-refractivity contribution < 1.29 is 9.59 Å². The Hall–Kier alpha value is -2.16. The maximum atomic E-state index is 11.0. The molecule has 7 nitrogen and oxygen atoms in total. The molecule has 1 heterocycles. The van der Waals surface area contributed by atoms with Crippen LogP contribution in [-0.2, 0) is 24.2 Å². The highest BCUT2D eigenvalue weighted by Gasteiger charge is 2.06. The van der Waals surface area contributed by atoms with E-state index in [1.165, 1.54) is 18.3 Å². The number of amides is 3. The van der Waals surface area contributed by atoms with E-state index in [1.807, 2.05) is 29.6 Å². The zero-order chi connectivity index (χ0) is 16.8. The molecular formula is C15H20ClN5O2S. The molecule has 0 aliphatic heterocycles. The number of hydrazine groups is 1. The van der Waals surface area contributed by atoms with Crippen molar-refractivity contribution >= 4 is 40.8 Å². The van der Waals surface area contributed by atoms with Gasteiger partial charge in [-0.2, -0.15) is 0 Å². The molecule has 130 valence electrons. The van der Waals surface area contributed by atoms with Gasteiger partial charge in [0.2, 0.25) is 5.91 Å². The minimum absolute atomic E-state index is 0. The van der Waals surface area contributed by atoms with Crippen molar-refractivity contribution in [2.45, 2.75) is 26.3 Å². The lowest BCUT2D eigenvalue weighted by Gasteiger charge is -2.13. The highest BCUT2D eigenvalue weighted by molar-refractivity contribution is 7.13. The average molecular weight is 370 g/mol. The Morgan fingerprint density at radius 1 is 1.21 bits per heavy atom. The van der Waals surface area contributed by atoms with E-state index in [4.69, 9.17) is 11.6 Å². The van der Waals surface area contributed by atoms with Crippen molar-refractivity contribution in [1.82, 2.24) is 9.99 Å². The van der Waals surface area contributed by atoms with Gasteiger partial charge in [-0.15, -0.1) is 23.7 Å². The van der Waals surface area contributed by atoms with Gasteiger partial charge in [-0.1, -0.05) is 24.3 Å². The molecule has 0 fully saturated rings. The zero-order valence-corrected chi connectivity index (χ0v) is 14.8. The first kappa shape index (κ1) is 19.9. The van der Waals surface area contributed by atoms with Gasteiger partial charge in [0.15, 0.2) is 5.13 Å². The van der Waals surface area contributed by atoms with Gasteiger partial charge in [0.05, 0.1) is 12.2 Å². The molecule has 2 aromatic rings. The van der Waals surface area contributed by atoms with E-state index in [-0.39, 0.29) is 24.9 Å². The Morgan fingerprint density at radius 3 is 2.42 bits per heavy atom. The number of nitrogens with two attached hydrogens (primary N) is 2. The Labute approximate surface area is 150 Å². The van der Waals surface area contributed by atoms with Gasteiger partial charge in [-0.3, -0.25) is 9.80 Å². The number of nitrogens with one attached hydrogen (secondary N) is 1. The highest BCUT2D eigenvalue weighted by atomic mass is 35.5. The van der Waals surface area contributed by atoms with E-state index < -0.39 is 6.03 Å². The first-order chi connectivity index (χ1) is 10.9. The largest absolute Gasteiger partial charge is 0.350 e. The SMILES string of the molecule is CC(=O)Nc1nc(CCc2ccc(CN(N)C(N)=O)cc2)cs1.Cl. The summed E-state index contributed by atoms with van der Waals surface area (Å²) in [5.74, 6) is 5.36. The third-order valence-corrected chi connectivity index (χ3v) is 3.97. The van der Waals surface area contributed by atoms with Crippen molar-refractivity contribution in [3.63, 3.8) is 0 Å². The summed E-state index contributed by atoms with van der Waals surface area (Å²) in [6.45, 7) is 1.74. The first-order valence-corrected chi connectivity index (χ1v) is 7.93. The maximum Gasteiger partial charge on any atom is 0.329 e. The number of carbonyl (C=O) groups excluding carboxylic acids is 2. The van der Waals surface area contributed by atoms with Crippen molar-refractivity contribution in [1.29, 1.82) is 0 Å². The van der Waals surface area contributed by atoms with Crippen LogP contribution in [0, 0.1) is 0 Å². The number of thiazole rings is 1. The minimum atomic E-state index is -0.660. The predicted octanol–water partition coefficient (Wildman–Crippen LogP) is 2.06. The Morgan fingerprint density at radius 2 is 1.83 bits per heavy atom. The second-order valence-electron chi connectivity index (χ2n) is 5.11. The number of carbonyl (C=O) groups is 2. The fourth-order valence-electron chi connectivity index (χ4n) is 1.99. The molecule has 0 aliphatic rings. The van der Waals surface area contributed by atoms with Gasteiger partial charge in [-0.05, 0) is 24.0 Å². The molecule has 2 rings (SSSR count). The molecule has 1 aromatic carbocycles. The van der Waals surface area contributed by atoms with Crippen LogP contribution in [0.1, 0.15) is 23.7 Å². The number of rotatable bonds is 6. The molecule has 1 aromatic heterocycles. The number of hydrogen-bond acceptors (Lipinski definition) is 5. The number of nitrogens with zero attached hydrogens (tertiary/aromatic N) is 2. The number of hydrogen-bond donors (Lipinski definition) is 3. The van der Waals surface area contributed by atoms with Gasteiger partial charge in [0.1, 0.15) is 0 Å². The van der Waals surface area contributed by atoms with Gasteiger partial charge >= 0.3 is 6.03 Å². The Bertz CT molecular complexity index is 689. The summed E-state index contributed by atoms with van der Waals surface area (Å²) in [7, 11) is 0. The Balaban J connectivity index is 0.00000288. The van der Waals surface area contributed by atoms with Gasteiger partial charge in [0, 0.05) is 12.3 Å². The quantitative estimate of drug-likeness (QED) is 0.410. The number of primary amides is 1. The topological polar surface area (TPSA) is 114 Å². The number of halogens is 1. The van der Waals surface area contributed by atoms with Crippen LogP contribution in [0.25, 0.3) is 0 Å². The fraction of sp³-hybridized carbons (Fsp3) is 0.267. The lowest BCUT2D eigenvalue weighted by molar-refractivity contribution is -0.114. The molecule has 0 unspecified atom stereocenters. The number of benzene rings is 1. The number of urea groups is 1. The molecule has 5 N–H and O–H groups in total. The maximum absolute atomic E-state index is 11.0. The highest BCUT2D eigenvalue weighted by Crippen LogP contribution is 2.17. The zero-order valence-electron chi connectivity index (χ0n) is 13.2. The van der Waals surface area contributed by atoms with Crippen molar-refractivity contribution in [3.8, 4) is 0 Å². The molecule has 0 radical (unpaired) electrons. The molecule has 3 amide bonds. The molecule has 0 aliphatic carbocycles. The van der Waals surface area contributed by atoms with E-state index in [2.05, 4.69) is 10.3 Å². The van der Waals surface area contributed by atoms with Crippen LogP contribution >= 0.6 is 23.7 Å². The van der Waals surface area contributed by atoms with Gasteiger partial charge in [-0.25, -0.2) is 15.6 Å². The van der Waals surface area contributed by atoms with Gasteiger partial charge < -0.3 is 11.1 Å². The molecule has 0 saturated carbocycles. The molecule has 0 spiro atoms. The minimum Gasteiger partial charge on any atom is -0.350 e. The van der Waals surface area contributed by atoms with Crippen LogP contribution in [0.3, 0.4) is 0 Å². The third-order valence-electron chi connectivity index (χ3n) is 3.16. The Kier molecular flexibility index (Phi) is 7.63. The van der Waals surface area contributed by atoms with Crippen LogP contribution in [-0.4, -0.2) is 21.9 Å². The van der Waals surface area contributed by atoms with E-state index in [9.17, 15) is 9.59 Å². The second-order valence-corrected chi connectivity index (χ2v) is 5.97. The number of anilines is 1. The summed E-state index contributed by atoms with van der Waals surface area (Å²) in [6.07, 6.45) is 1.63. The lowest BCUT2D eigenvalue weighted by atomic mass is 10.1. The number of aromatic nitrogens is 1. The van der Waals surface area contributed by atoms with Crippen molar-refractivity contribution in [3.05, 3.63) is 46.5 Å². The standard InChI is InChI=1S/C15H19N5O2S.ClH/c1-10(21)18-15-19-13(9-23-15)7-6-11-2-4-12(5-3-11)8-20(17)14(16)22;/h2-5,9H,6-8,17H2,1H3,(H2,16,22)(H,18,19,21);1H. The number of aryl methyl sites for hydroxylation is 2. The second kappa shape index (κ2) is 9.21. The van der Waals surface area contributed by atoms with E-state index >= 15 is 0 Å². The van der Waals surface area contributed by atoms with Gasteiger partial charge in [0.25, 0.3) is 0 Å². The van der Waals surface area contributed by atoms with Crippen LogP contribution in [0.15, 0.2) is 29.6 Å². The van der Waals surface area contributed by atoms with Crippen LogP contribution in [0.5, 0.6) is 0 Å². The summed E-state index contributed by atoms with van der Waals surface area (Å²) in [5.41, 5.74) is 8.11. The van der Waals surface area contributed by atoms with Crippen LogP contribution in [0.4, 0.5) is 9.93 Å². The summed E-state index contributed by atoms with van der Waals surface area (Å²) in [4.78, 5) is 26.2. The smallest absolute Gasteiger partial charge is 0.329 e. The fourth-order valence-corrected chi connectivity index (χ4v) is 2.78. The monoisotopic (exact) mass is 369 g/mol. The van der Waals surface area contributed by atoms with Crippen molar-refractivity contribution in [2.75, 3.05) is 5.32 Å². The summed E-state index contributed by atoms with van der Waals surface area (Å²) in [5, 5.41) is 6.20. The van der Waals surface area contributed by atoms with E-state index in [0.29, 0.717) is 5.13 Å². The van der Waals surface area contributed by atoms with Crippen LogP contribution < -0.4 is 16.9 Å². The summed E-state index contributed by atoms with van der Waals surface area (Å²) in [6, 6.07) is 7.16. The van der Waals surface area contributed by atoms with E-state index in [0.717, 1.165) is 34.7 Å². The molecular weight excluding hydrogens is 350 g/mol. The van der Waals surface area contributed by atoms with Crippen molar-refractivity contribution in [2.24, 2.45) is 11.6 Å². The predicted molar refractivity (Wildman–Crippen MR) is 96.8 cm³/mol. The first-order valence-electron chi connectivity index (χ1n) is 7.05.